The molecule has 2 heterocycles. The zero-order valence-corrected chi connectivity index (χ0v) is 41.1. The number of fused-ring (bicyclic) bond motifs is 12. The summed E-state index contributed by atoms with van der Waals surface area (Å²) >= 11 is 0. The molecule has 1 aliphatic carbocycles. The number of hydrogen-bond donors (Lipinski definition) is 0. The van der Waals surface area contributed by atoms with Crippen molar-refractivity contribution in [2.24, 2.45) is 0 Å². The number of para-hydroxylation sites is 5. The standard InChI is InChI=1S/C73H48N2/c1-3-20-49(21-4-1)50-38-40-51(41-39-50)52-42-45-55(46-43-52)74(69-35-16-11-28-61(69)58-26-8-7-24-56(58)53-22-5-2-6-23-53)68-34-15-10-25-57(68)54-44-47-60-59-27-9-13-31-64(59)73(67(60)48-54)65-32-14-18-37-71(65)75-70-36-17-12-29-62(70)63-30-19-33-66(73)72(63)75/h1-48H. The molecule has 1 spiro atoms. The Morgan fingerprint density at radius 2 is 0.747 bits per heavy atom. The van der Waals surface area contributed by atoms with Crippen molar-refractivity contribution in [2.45, 2.75) is 5.41 Å². The fourth-order valence-electron chi connectivity index (χ4n) is 12.8. The Morgan fingerprint density at radius 1 is 0.267 bits per heavy atom. The lowest BCUT2D eigenvalue weighted by Crippen LogP contribution is -2.33. The first kappa shape index (κ1) is 42.9. The van der Waals surface area contributed by atoms with E-state index in [0.29, 0.717) is 0 Å². The minimum Gasteiger partial charge on any atom is -0.309 e. The molecule has 0 radical (unpaired) electrons. The van der Waals surface area contributed by atoms with Gasteiger partial charge < -0.3 is 9.47 Å². The van der Waals surface area contributed by atoms with Crippen LogP contribution >= 0.6 is 0 Å². The molecule has 13 aromatic rings. The Hall–Kier alpha value is -9.76. The van der Waals surface area contributed by atoms with E-state index in [2.05, 4.69) is 301 Å². The number of aromatic nitrogens is 1. The maximum atomic E-state index is 2.53. The van der Waals surface area contributed by atoms with Crippen LogP contribution in [0.15, 0.2) is 291 Å². The van der Waals surface area contributed by atoms with E-state index in [1.54, 1.807) is 0 Å². The van der Waals surface area contributed by atoms with Crippen molar-refractivity contribution >= 4 is 38.9 Å². The third kappa shape index (κ3) is 6.53. The fourth-order valence-corrected chi connectivity index (χ4v) is 12.8. The van der Waals surface area contributed by atoms with Crippen molar-refractivity contribution in [2.75, 3.05) is 4.90 Å². The van der Waals surface area contributed by atoms with Crippen molar-refractivity contribution in [3.63, 3.8) is 0 Å². The van der Waals surface area contributed by atoms with E-state index in [1.807, 2.05) is 0 Å². The predicted molar refractivity (Wildman–Crippen MR) is 314 cm³/mol. The second kappa shape index (κ2) is 17.2. The molecular weight excluding hydrogens is 905 g/mol. The second-order valence-corrected chi connectivity index (χ2v) is 19.9. The molecule has 1 aromatic heterocycles. The van der Waals surface area contributed by atoms with Crippen LogP contribution in [0, 0.1) is 0 Å². The highest BCUT2D eigenvalue weighted by molar-refractivity contribution is 6.13. The van der Waals surface area contributed by atoms with Crippen LogP contribution in [0.1, 0.15) is 22.3 Å². The molecule has 0 saturated heterocycles. The highest BCUT2D eigenvalue weighted by Gasteiger charge is 2.51. The first-order valence-corrected chi connectivity index (χ1v) is 26.0. The summed E-state index contributed by atoms with van der Waals surface area (Å²) in [5, 5.41) is 2.55. The fraction of sp³-hybridized carbons (Fsp3) is 0.0137. The van der Waals surface area contributed by atoms with E-state index in [9.17, 15) is 0 Å². The quantitative estimate of drug-likeness (QED) is 0.147. The third-order valence-corrected chi connectivity index (χ3v) is 16.0. The summed E-state index contributed by atoms with van der Waals surface area (Å²) in [4.78, 5) is 2.49. The maximum Gasteiger partial charge on any atom is 0.0754 e. The van der Waals surface area contributed by atoms with Crippen molar-refractivity contribution in [1.82, 2.24) is 4.57 Å². The SMILES string of the molecule is c1ccc(-c2ccc(-c3ccc(N(c4ccccc4-c4ccc5c(c4)C4(c6ccccc6-5)c5ccccc5-n5c6ccccc6c6cccc4c65)c4ccccc4-c4ccccc4-c4ccccc4)cc3)cc2)cc1. The molecule has 0 saturated carbocycles. The van der Waals surface area contributed by atoms with Gasteiger partial charge in [-0.05, 0) is 120 Å². The first-order valence-electron chi connectivity index (χ1n) is 26.0. The molecule has 350 valence electrons. The largest absolute Gasteiger partial charge is 0.309 e. The van der Waals surface area contributed by atoms with Gasteiger partial charge in [-0.2, -0.15) is 0 Å². The summed E-state index contributed by atoms with van der Waals surface area (Å²) in [6.45, 7) is 0. The van der Waals surface area contributed by atoms with Gasteiger partial charge in [-0.25, -0.2) is 0 Å². The van der Waals surface area contributed by atoms with Crippen LogP contribution in [0.2, 0.25) is 0 Å². The summed E-state index contributed by atoms with van der Waals surface area (Å²) in [7, 11) is 0. The molecule has 12 aromatic carbocycles. The van der Waals surface area contributed by atoms with Gasteiger partial charge in [-0.15, -0.1) is 0 Å². The van der Waals surface area contributed by atoms with Crippen molar-refractivity contribution in [3.05, 3.63) is 313 Å². The number of rotatable bonds is 8. The van der Waals surface area contributed by atoms with Gasteiger partial charge >= 0.3 is 0 Å². The lowest BCUT2D eigenvalue weighted by Gasteiger charge is -2.39. The van der Waals surface area contributed by atoms with Gasteiger partial charge in [0.2, 0.25) is 0 Å². The monoisotopic (exact) mass is 952 g/mol. The Morgan fingerprint density at radius 3 is 1.48 bits per heavy atom. The molecule has 2 heteroatoms. The molecule has 0 fully saturated rings. The van der Waals surface area contributed by atoms with Crippen molar-refractivity contribution in [1.29, 1.82) is 0 Å². The third-order valence-electron chi connectivity index (χ3n) is 16.0. The highest BCUT2D eigenvalue weighted by Crippen LogP contribution is 2.62. The van der Waals surface area contributed by atoms with E-state index in [-0.39, 0.29) is 0 Å². The van der Waals surface area contributed by atoms with Gasteiger partial charge in [-0.1, -0.05) is 249 Å². The number of benzene rings is 12. The molecule has 0 amide bonds. The molecule has 75 heavy (non-hydrogen) atoms. The molecule has 0 bridgehead atoms. The molecule has 2 nitrogen and oxygen atoms in total. The summed E-state index contributed by atoms with van der Waals surface area (Å²) in [5.41, 5.74) is 26.0. The van der Waals surface area contributed by atoms with Crippen molar-refractivity contribution < 1.29 is 0 Å². The number of nitrogens with zero attached hydrogens (tertiary/aromatic N) is 2. The minimum atomic E-state index is -0.570. The number of anilines is 3. The molecule has 2 aliphatic rings. The summed E-state index contributed by atoms with van der Waals surface area (Å²) in [6, 6.07) is 108. The van der Waals surface area contributed by atoms with E-state index < -0.39 is 5.41 Å². The average Bonchev–Trinajstić information content (AvgIpc) is 4.06. The highest BCUT2D eigenvalue weighted by atomic mass is 15.1. The van der Waals surface area contributed by atoms with Gasteiger partial charge in [0.05, 0.1) is 33.5 Å². The molecule has 0 N–H and O–H groups in total. The van der Waals surface area contributed by atoms with E-state index in [4.69, 9.17) is 0 Å². The summed E-state index contributed by atoms with van der Waals surface area (Å²) in [5.74, 6) is 0. The van der Waals surface area contributed by atoms with Crippen LogP contribution in [0.5, 0.6) is 0 Å². The van der Waals surface area contributed by atoms with Gasteiger partial charge in [0.15, 0.2) is 0 Å². The minimum absolute atomic E-state index is 0.570. The molecule has 1 unspecified atom stereocenters. The van der Waals surface area contributed by atoms with E-state index >= 15 is 0 Å². The van der Waals surface area contributed by atoms with Crippen LogP contribution in [0.4, 0.5) is 17.1 Å². The lowest BCUT2D eigenvalue weighted by molar-refractivity contribution is 0.749. The predicted octanol–water partition coefficient (Wildman–Crippen LogP) is 19.3. The van der Waals surface area contributed by atoms with Crippen molar-refractivity contribution in [3.8, 4) is 72.4 Å². The Kier molecular flexibility index (Phi) is 9.83. The summed E-state index contributed by atoms with van der Waals surface area (Å²) < 4.78 is 2.52. The van der Waals surface area contributed by atoms with Crippen LogP contribution in [-0.2, 0) is 5.41 Å². The van der Waals surface area contributed by atoms with E-state index in [1.165, 1.54) is 99.8 Å². The molecule has 1 atom stereocenters. The smallest absolute Gasteiger partial charge is 0.0754 e. The normalized spacial score (nSPS) is 13.9. The Balaban J connectivity index is 0.941. The van der Waals surface area contributed by atoms with Crippen LogP contribution in [-0.4, -0.2) is 4.57 Å². The van der Waals surface area contributed by atoms with Gasteiger partial charge in [0.1, 0.15) is 0 Å². The average molecular weight is 953 g/mol. The van der Waals surface area contributed by atoms with Crippen LogP contribution < -0.4 is 4.90 Å². The number of hydrogen-bond acceptors (Lipinski definition) is 1. The van der Waals surface area contributed by atoms with Gasteiger partial charge in [0, 0.05) is 27.6 Å². The molecule has 1 aliphatic heterocycles. The zero-order valence-electron chi connectivity index (χ0n) is 41.1. The molecule has 15 rings (SSSR count). The Bertz CT molecular complexity index is 4340. The lowest BCUT2D eigenvalue weighted by atomic mass is 9.65. The Labute approximate surface area is 437 Å². The zero-order chi connectivity index (χ0) is 49.5. The van der Waals surface area contributed by atoms with Crippen LogP contribution in [0.25, 0.3) is 94.3 Å². The topological polar surface area (TPSA) is 8.17 Å². The van der Waals surface area contributed by atoms with Gasteiger partial charge in [-0.3, -0.25) is 0 Å². The second-order valence-electron chi connectivity index (χ2n) is 19.9. The van der Waals surface area contributed by atoms with E-state index in [0.717, 1.165) is 33.8 Å². The molecular formula is C73H48N2. The first-order chi connectivity index (χ1) is 37.2. The maximum absolute atomic E-state index is 2.53. The van der Waals surface area contributed by atoms with Crippen LogP contribution in [0.3, 0.4) is 0 Å². The summed E-state index contributed by atoms with van der Waals surface area (Å²) in [6.07, 6.45) is 0. The van der Waals surface area contributed by atoms with Gasteiger partial charge in [0.25, 0.3) is 0 Å².